The van der Waals surface area contributed by atoms with Gasteiger partial charge in [-0.3, -0.25) is 0 Å². The molecule has 0 aliphatic heterocycles. The average Bonchev–Trinajstić information content (AvgIpc) is 2.85. The van der Waals surface area contributed by atoms with Gasteiger partial charge in [0.1, 0.15) is 0 Å². The molecule has 0 fully saturated rings. The molecular formula is C25H17N5. The SMILES string of the molecule is c1ccc(-c2nc(-c3ccccc3)nc(-c3ccc(-c4ncccn4)cc3)n2)cc1. The molecule has 0 saturated carbocycles. The molecule has 2 aromatic heterocycles. The molecule has 0 saturated heterocycles. The summed E-state index contributed by atoms with van der Waals surface area (Å²) in [6.07, 6.45) is 3.47. The monoisotopic (exact) mass is 387 g/mol. The predicted octanol–water partition coefficient (Wildman–Crippen LogP) is 5.33. The van der Waals surface area contributed by atoms with E-state index in [1.165, 1.54) is 0 Å². The van der Waals surface area contributed by atoms with Crippen LogP contribution in [0.2, 0.25) is 0 Å². The molecule has 0 amide bonds. The van der Waals surface area contributed by atoms with Crippen molar-refractivity contribution >= 4 is 0 Å². The Morgan fingerprint density at radius 3 is 1.13 bits per heavy atom. The van der Waals surface area contributed by atoms with Gasteiger partial charge in [-0.25, -0.2) is 24.9 Å². The van der Waals surface area contributed by atoms with Crippen molar-refractivity contribution in [2.75, 3.05) is 0 Å². The quantitative estimate of drug-likeness (QED) is 0.417. The van der Waals surface area contributed by atoms with Crippen molar-refractivity contribution < 1.29 is 0 Å². The molecule has 0 aliphatic rings. The lowest BCUT2D eigenvalue weighted by Crippen LogP contribution is -2.00. The van der Waals surface area contributed by atoms with Crippen LogP contribution in [0, 0.1) is 0 Å². The largest absolute Gasteiger partial charge is 0.237 e. The summed E-state index contributed by atoms with van der Waals surface area (Å²) in [6.45, 7) is 0. The molecular weight excluding hydrogens is 370 g/mol. The van der Waals surface area contributed by atoms with Crippen molar-refractivity contribution in [1.29, 1.82) is 0 Å². The van der Waals surface area contributed by atoms with E-state index in [4.69, 9.17) is 15.0 Å². The minimum absolute atomic E-state index is 0.628. The van der Waals surface area contributed by atoms with Crippen LogP contribution in [-0.4, -0.2) is 24.9 Å². The Balaban J connectivity index is 1.60. The molecule has 0 unspecified atom stereocenters. The highest BCUT2D eigenvalue weighted by Gasteiger charge is 2.12. The lowest BCUT2D eigenvalue weighted by molar-refractivity contribution is 1.07. The number of hydrogen-bond donors (Lipinski definition) is 0. The van der Waals surface area contributed by atoms with E-state index in [9.17, 15) is 0 Å². The van der Waals surface area contributed by atoms with Gasteiger partial charge in [0.15, 0.2) is 23.3 Å². The van der Waals surface area contributed by atoms with E-state index in [2.05, 4.69) is 9.97 Å². The molecule has 3 aromatic carbocycles. The second-order valence-electron chi connectivity index (χ2n) is 6.69. The first-order valence-corrected chi connectivity index (χ1v) is 9.61. The first-order chi connectivity index (χ1) is 14.9. The molecule has 0 bridgehead atoms. The van der Waals surface area contributed by atoms with Gasteiger partial charge in [-0.2, -0.15) is 0 Å². The Morgan fingerprint density at radius 1 is 0.333 bits per heavy atom. The summed E-state index contributed by atoms with van der Waals surface area (Å²) < 4.78 is 0. The third-order valence-electron chi connectivity index (χ3n) is 4.67. The summed E-state index contributed by atoms with van der Waals surface area (Å²) >= 11 is 0. The fourth-order valence-electron chi connectivity index (χ4n) is 3.15. The predicted molar refractivity (Wildman–Crippen MR) is 117 cm³/mol. The molecule has 0 radical (unpaired) electrons. The van der Waals surface area contributed by atoms with Crippen LogP contribution in [0.4, 0.5) is 0 Å². The smallest absolute Gasteiger partial charge is 0.164 e. The van der Waals surface area contributed by atoms with Gasteiger partial charge in [0.25, 0.3) is 0 Å². The van der Waals surface area contributed by atoms with Gasteiger partial charge in [-0.1, -0.05) is 84.9 Å². The Kier molecular flexibility index (Phi) is 4.76. The first-order valence-electron chi connectivity index (χ1n) is 9.61. The zero-order valence-electron chi connectivity index (χ0n) is 16.1. The van der Waals surface area contributed by atoms with Crippen molar-refractivity contribution in [1.82, 2.24) is 24.9 Å². The van der Waals surface area contributed by atoms with Crippen molar-refractivity contribution in [3.8, 4) is 45.6 Å². The lowest BCUT2D eigenvalue weighted by Gasteiger charge is -2.08. The summed E-state index contributed by atoms with van der Waals surface area (Å²) in [6, 6.07) is 29.7. The summed E-state index contributed by atoms with van der Waals surface area (Å²) in [7, 11) is 0. The fourth-order valence-corrected chi connectivity index (χ4v) is 3.15. The molecule has 142 valence electrons. The van der Waals surface area contributed by atoms with Gasteiger partial charge < -0.3 is 0 Å². The summed E-state index contributed by atoms with van der Waals surface area (Å²) in [5, 5.41) is 0. The van der Waals surface area contributed by atoms with E-state index in [0.29, 0.717) is 23.3 Å². The molecule has 0 N–H and O–H groups in total. The molecule has 0 aliphatic carbocycles. The number of nitrogens with zero attached hydrogens (tertiary/aromatic N) is 5. The summed E-state index contributed by atoms with van der Waals surface area (Å²) in [5.74, 6) is 2.61. The Morgan fingerprint density at radius 2 is 0.700 bits per heavy atom. The van der Waals surface area contributed by atoms with Crippen LogP contribution in [0.15, 0.2) is 103 Å². The highest BCUT2D eigenvalue weighted by atomic mass is 15.0. The van der Waals surface area contributed by atoms with Crippen LogP contribution in [-0.2, 0) is 0 Å². The molecule has 0 spiro atoms. The topological polar surface area (TPSA) is 64.5 Å². The molecule has 5 nitrogen and oxygen atoms in total. The Labute approximate surface area is 174 Å². The minimum atomic E-state index is 0.628. The maximum absolute atomic E-state index is 4.75. The van der Waals surface area contributed by atoms with Gasteiger partial charge >= 0.3 is 0 Å². The van der Waals surface area contributed by atoms with E-state index in [0.717, 1.165) is 22.3 Å². The molecule has 30 heavy (non-hydrogen) atoms. The van der Waals surface area contributed by atoms with Gasteiger partial charge in [-0.05, 0) is 6.07 Å². The zero-order valence-corrected chi connectivity index (χ0v) is 16.1. The van der Waals surface area contributed by atoms with Crippen LogP contribution < -0.4 is 0 Å². The molecule has 5 aromatic rings. The van der Waals surface area contributed by atoms with Crippen molar-refractivity contribution in [3.63, 3.8) is 0 Å². The van der Waals surface area contributed by atoms with Gasteiger partial charge in [-0.15, -0.1) is 0 Å². The third-order valence-corrected chi connectivity index (χ3v) is 4.67. The third kappa shape index (κ3) is 3.69. The van der Waals surface area contributed by atoms with Crippen molar-refractivity contribution in [2.24, 2.45) is 0 Å². The van der Waals surface area contributed by atoms with Crippen LogP contribution in [0.5, 0.6) is 0 Å². The van der Waals surface area contributed by atoms with Crippen molar-refractivity contribution in [2.45, 2.75) is 0 Å². The highest BCUT2D eigenvalue weighted by Crippen LogP contribution is 2.25. The minimum Gasteiger partial charge on any atom is -0.237 e. The Hall–Kier alpha value is -4.25. The second kappa shape index (κ2) is 8.01. The molecule has 0 atom stereocenters. The summed E-state index contributed by atoms with van der Waals surface area (Å²) in [5.41, 5.74) is 3.76. The van der Waals surface area contributed by atoms with E-state index >= 15 is 0 Å². The standard InChI is InChI=1S/C25H17N5/c1-3-8-18(9-4-1)23-28-24(19-10-5-2-6-11-19)30-25(29-23)21-14-12-20(13-15-21)22-26-16-7-17-27-22/h1-17H. The number of hydrogen-bond acceptors (Lipinski definition) is 5. The number of benzene rings is 3. The summed E-state index contributed by atoms with van der Waals surface area (Å²) in [4.78, 5) is 22.8. The first kappa shape index (κ1) is 17.8. The van der Waals surface area contributed by atoms with Gasteiger partial charge in [0.2, 0.25) is 0 Å². The zero-order chi connectivity index (χ0) is 20.2. The van der Waals surface area contributed by atoms with Crippen LogP contribution in [0.25, 0.3) is 45.6 Å². The maximum atomic E-state index is 4.75. The van der Waals surface area contributed by atoms with Gasteiger partial charge in [0.05, 0.1) is 0 Å². The van der Waals surface area contributed by atoms with E-state index in [1.807, 2.05) is 84.9 Å². The second-order valence-corrected chi connectivity index (χ2v) is 6.69. The van der Waals surface area contributed by atoms with Gasteiger partial charge in [0, 0.05) is 34.6 Å². The average molecular weight is 387 g/mol. The molecule has 2 heterocycles. The van der Waals surface area contributed by atoms with Crippen LogP contribution in [0.3, 0.4) is 0 Å². The lowest BCUT2D eigenvalue weighted by atomic mass is 10.1. The highest BCUT2D eigenvalue weighted by molar-refractivity contribution is 5.68. The van der Waals surface area contributed by atoms with Crippen molar-refractivity contribution in [3.05, 3.63) is 103 Å². The maximum Gasteiger partial charge on any atom is 0.164 e. The molecule has 5 rings (SSSR count). The Bertz CT molecular complexity index is 1200. The fraction of sp³-hybridized carbons (Fsp3) is 0. The molecule has 5 heteroatoms. The van der Waals surface area contributed by atoms with Crippen LogP contribution >= 0.6 is 0 Å². The normalized spacial score (nSPS) is 10.7. The van der Waals surface area contributed by atoms with E-state index < -0.39 is 0 Å². The van der Waals surface area contributed by atoms with E-state index in [1.54, 1.807) is 18.5 Å². The van der Waals surface area contributed by atoms with Crippen LogP contribution in [0.1, 0.15) is 0 Å². The van der Waals surface area contributed by atoms with E-state index in [-0.39, 0.29) is 0 Å². The number of aromatic nitrogens is 5. The number of rotatable bonds is 4.